The largest absolute Gasteiger partial charge is 0.356 e. The van der Waals surface area contributed by atoms with E-state index in [9.17, 15) is 9.18 Å². The third-order valence-corrected chi connectivity index (χ3v) is 2.93. The van der Waals surface area contributed by atoms with Crippen LogP contribution in [-0.4, -0.2) is 22.6 Å². The third kappa shape index (κ3) is 4.95. The maximum absolute atomic E-state index is 13.2. The van der Waals surface area contributed by atoms with E-state index in [0.29, 0.717) is 30.2 Å². The minimum absolute atomic E-state index is 0.0463. The number of amides is 1. The summed E-state index contributed by atoms with van der Waals surface area (Å²) in [5.41, 5.74) is 0.595. The lowest BCUT2D eigenvalue weighted by Crippen LogP contribution is -2.32. The Morgan fingerprint density at radius 3 is 2.82 bits per heavy atom. The highest BCUT2D eigenvalue weighted by molar-refractivity contribution is 5.76. The number of nitrogens with one attached hydrogen (secondary N) is 1. The Hall–Kier alpha value is -2.24. The zero-order valence-corrected chi connectivity index (χ0v) is 13.0. The van der Waals surface area contributed by atoms with Crippen molar-refractivity contribution in [1.82, 2.24) is 15.5 Å². The van der Waals surface area contributed by atoms with E-state index in [-0.39, 0.29) is 23.6 Å². The Kier molecular flexibility index (Phi) is 4.90. The predicted molar refractivity (Wildman–Crippen MR) is 80.5 cm³/mol. The number of benzene rings is 1. The number of nitrogens with zero attached hydrogens (tertiary/aromatic N) is 2. The molecule has 0 aliphatic heterocycles. The quantitative estimate of drug-likeness (QED) is 0.922. The number of halogens is 1. The molecule has 0 radical (unpaired) electrons. The van der Waals surface area contributed by atoms with Crippen molar-refractivity contribution in [2.24, 2.45) is 5.41 Å². The molecule has 1 aromatic carbocycles. The third-order valence-electron chi connectivity index (χ3n) is 2.93. The molecule has 0 fully saturated rings. The molecule has 0 atom stereocenters. The van der Waals surface area contributed by atoms with Crippen LogP contribution < -0.4 is 5.32 Å². The molecule has 1 heterocycles. The monoisotopic (exact) mass is 305 g/mol. The Labute approximate surface area is 128 Å². The van der Waals surface area contributed by atoms with Gasteiger partial charge in [-0.1, -0.05) is 38.1 Å². The second-order valence-corrected chi connectivity index (χ2v) is 6.36. The standard InChI is InChI=1S/C16H20FN3O2/c1-16(2,3)10-18-13(21)7-8-14-19-15(20-22-14)11-5-4-6-12(17)9-11/h4-6,9H,7-8,10H2,1-3H3,(H,18,21). The minimum atomic E-state index is -0.356. The summed E-state index contributed by atoms with van der Waals surface area (Å²) in [7, 11) is 0. The summed E-state index contributed by atoms with van der Waals surface area (Å²) >= 11 is 0. The van der Waals surface area contributed by atoms with Gasteiger partial charge in [0.05, 0.1) is 0 Å². The lowest BCUT2D eigenvalue weighted by Gasteiger charge is -2.18. The molecular weight excluding hydrogens is 285 g/mol. The summed E-state index contributed by atoms with van der Waals surface area (Å²) in [6.07, 6.45) is 0.638. The van der Waals surface area contributed by atoms with Crippen LogP contribution in [0.1, 0.15) is 33.1 Å². The van der Waals surface area contributed by atoms with Crippen LogP contribution in [0.25, 0.3) is 11.4 Å². The van der Waals surface area contributed by atoms with Crippen molar-refractivity contribution in [2.75, 3.05) is 6.54 Å². The predicted octanol–water partition coefficient (Wildman–Crippen LogP) is 2.97. The van der Waals surface area contributed by atoms with Crippen LogP contribution in [0.3, 0.4) is 0 Å². The molecule has 0 saturated heterocycles. The molecule has 22 heavy (non-hydrogen) atoms. The number of carbonyl (C=O) groups excluding carboxylic acids is 1. The number of carbonyl (C=O) groups is 1. The fourth-order valence-corrected chi connectivity index (χ4v) is 1.77. The number of rotatable bonds is 5. The number of hydrogen-bond acceptors (Lipinski definition) is 4. The summed E-state index contributed by atoms with van der Waals surface area (Å²) in [6.45, 7) is 6.77. The first-order chi connectivity index (χ1) is 10.3. The van der Waals surface area contributed by atoms with E-state index in [4.69, 9.17) is 4.52 Å². The van der Waals surface area contributed by atoms with Crippen molar-refractivity contribution in [3.8, 4) is 11.4 Å². The van der Waals surface area contributed by atoms with Gasteiger partial charge in [-0.3, -0.25) is 4.79 Å². The van der Waals surface area contributed by atoms with Crippen LogP contribution in [0.4, 0.5) is 4.39 Å². The lowest BCUT2D eigenvalue weighted by molar-refractivity contribution is -0.121. The maximum Gasteiger partial charge on any atom is 0.227 e. The van der Waals surface area contributed by atoms with Gasteiger partial charge in [0.2, 0.25) is 17.6 Å². The number of hydrogen-bond donors (Lipinski definition) is 1. The lowest BCUT2D eigenvalue weighted by atomic mass is 9.97. The molecule has 2 rings (SSSR count). The average molecular weight is 305 g/mol. The summed E-state index contributed by atoms with van der Waals surface area (Å²) in [4.78, 5) is 15.9. The molecule has 5 nitrogen and oxygen atoms in total. The average Bonchev–Trinajstić information content (AvgIpc) is 2.91. The highest BCUT2D eigenvalue weighted by Gasteiger charge is 2.14. The summed E-state index contributed by atoms with van der Waals surface area (Å²) < 4.78 is 18.2. The van der Waals surface area contributed by atoms with Crippen molar-refractivity contribution in [3.63, 3.8) is 0 Å². The molecule has 0 unspecified atom stereocenters. The molecule has 0 aliphatic carbocycles. The van der Waals surface area contributed by atoms with Gasteiger partial charge in [-0.2, -0.15) is 4.98 Å². The zero-order chi connectivity index (χ0) is 16.2. The zero-order valence-electron chi connectivity index (χ0n) is 13.0. The smallest absolute Gasteiger partial charge is 0.227 e. The van der Waals surface area contributed by atoms with Crippen molar-refractivity contribution < 1.29 is 13.7 Å². The highest BCUT2D eigenvalue weighted by atomic mass is 19.1. The van der Waals surface area contributed by atoms with Gasteiger partial charge in [-0.05, 0) is 17.5 Å². The summed E-state index contributed by atoms with van der Waals surface area (Å²) in [5, 5.41) is 6.67. The van der Waals surface area contributed by atoms with Gasteiger partial charge in [0.15, 0.2) is 0 Å². The second kappa shape index (κ2) is 6.68. The Bertz CT molecular complexity index is 647. The minimum Gasteiger partial charge on any atom is -0.356 e. The second-order valence-electron chi connectivity index (χ2n) is 6.36. The van der Waals surface area contributed by atoms with Crippen molar-refractivity contribution in [3.05, 3.63) is 36.0 Å². The summed E-state index contributed by atoms with van der Waals surface area (Å²) in [5.74, 6) is 0.278. The topological polar surface area (TPSA) is 68.0 Å². The van der Waals surface area contributed by atoms with E-state index in [1.165, 1.54) is 12.1 Å². The van der Waals surface area contributed by atoms with E-state index < -0.39 is 0 Å². The van der Waals surface area contributed by atoms with Crippen molar-refractivity contribution >= 4 is 5.91 Å². The van der Waals surface area contributed by atoms with Crippen molar-refractivity contribution in [2.45, 2.75) is 33.6 Å². The van der Waals surface area contributed by atoms with Crippen LogP contribution >= 0.6 is 0 Å². The Morgan fingerprint density at radius 2 is 2.14 bits per heavy atom. The molecule has 6 heteroatoms. The Balaban J connectivity index is 1.89. The molecule has 2 aromatic rings. The van der Waals surface area contributed by atoms with Gasteiger partial charge in [0.1, 0.15) is 5.82 Å². The fraction of sp³-hybridized carbons (Fsp3) is 0.438. The van der Waals surface area contributed by atoms with Crippen LogP contribution in [0.15, 0.2) is 28.8 Å². The molecule has 0 spiro atoms. The molecular formula is C16H20FN3O2. The molecule has 1 amide bonds. The molecule has 1 N–H and O–H groups in total. The van der Waals surface area contributed by atoms with Crippen LogP contribution in [0.2, 0.25) is 0 Å². The first-order valence-electron chi connectivity index (χ1n) is 7.19. The van der Waals surface area contributed by atoms with Gasteiger partial charge < -0.3 is 9.84 Å². The van der Waals surface area contributed by atoms with Crippen LogP contribution in [0, 0.1) is 11.2 Å². The van der Waals surface area contributed by atoms with Gasteiger partial charge in [0, 0.05) is 24.9 Å². The SMILES string of the molecule is CC(C)(C)CNC(=O)CCc1nc(-c2cccc(F)c2)no1. The van der Waals surface area contributed by atoms with E-state index in [1.54, 1.807) is 12.1 Å². The first kappa shape index (κ1) is 16.1. The van der Waals surface area contributed by atoms with Crippen LogP contribution in [-0.2, 0) is 11.2 Å². The maximum atomic E-state index is 13.2. The number of aryl methyl sites for hydroxylation is 1. The Morgan fingerprint density at radius 1 is 1.36 bits per heavy atom. The molecule has 0 saturated carbocycles. The number of aromatic nitrogens is 2. The van der Waals surface area contributed by atoms with Crippen molar-refractivity contribution in [1.29, 1.82) is 0 Å². The van der Waals surface area contributed by atoms with E-state index >= 15 is 0 Å². The molecule has 1 aromatic heterocycles. The van der Waals surface area contributed by atoms with Gasteiger partial charge in [0.25, 0.3) is 0 Å². The fourth-order valence-electron chi connectivity index (χ4n) is 1.77. The van der Waals surface area contributed by atoms with Gasteiger partial charge in [-0.15, -0.1) is 0 Å². The highest BCUT2D eigenvalue weighted by Crippen LogP contribution is 2.17. The van der Waals surface area contributed by atoms with Crippen LogP contribution in [0.5, 0.6) is 0 Å². The molecule has 0 aliphatic rings. The normalized spacial score (nSPS) is 11.5. The van der Waals surface area contributed by atoms with E-state index in [0.717, 1.165) is 0 Å². The van der Waals surface area contributed by atoms with Gasteiger partial charge >= 0.3 is 0 Å². The van der Waals surface area contributed by atoms with E-state index in [2.05, 4.69) is 36.2 Å². The van der Waals surface area contributed by atoms with Gasteiger partial charge in [-0.25, -0.2) is 4.39 Å². The molecule has 118 valence electrons. The van der Waals surface area contributed by atoms with E-state index in [1.807, 2.05) is 0 Å². The summed E-state index contributed by atoms with van der Waals surface area (Å²) in [6, 6.07) is 5.98. The first-order valence-corrected chi connectivity index (χ1v) is 7.19. The molecule has 0 bridgehead atoms.